The van der Waals surface area contributed by atoms with Gasteiger partial charge >= 0.3 is 0 Å². The van der Waals surface area contributed by atoms with Gasteiger partial charge in [-0.2, -0.15) is 0 Å². The first-order valence-corrected chi connectivity index (χ1v) is 6.69. The number of hydrogen-bond donors (Lipinski definition) is 1. The van der Waals surface area contributed by atoms with Gasteiger partial charge in [-0.05, 0) is 34.4 Å². The number of aromatic nitrogens is 1. The first-order valence-electron chi connectivity index (χ1n) is 5.87. The molecule has 0 aliphatic heterocycles. The van der Waals surface area contributed by atoms with Crippen molar-refractivity contribution in [1.82, 2.24) is 15.2 Å². The maximum absolute atomic E-state index is 4.43. The minimum Gasteiger partial charge on any atom is -0.308 e. The average Bonchev–Trinajstić information content (AvgIpc) is 2.54. The van der Waals surface area contributed by atoms with Crippen LogP contribution >= 0.6 is 11.3 Å². The van der Waals surface area contributed by atoms with Crippen molar-refractivity contribution in [2.24, 2.45) is 0 Å². The fourth-order valence-corrected chi connectivity index (χ4v) is 2.55. The number of nitrogens with zero attached hydrogens (tertiary/aromatic N) is 2. The van der Waals surface area contributed by atoms with Crippen molar-refractivity contribution >= 4 is 11.3 Å². The molecule has 4 heteroatoms. The van der Waals surface area contributed by atoms with E-state index in [1.54, 1.807) is 11.3 Å². The largest absolute Gasteiger partial charge is 0.308 e. The third kappa shape index (κ3) is 4.20. The van der Waals surface area contributed by atoms with E-state index in [0.29, 0.717) is 6.04 Å². The van der Waals surface area contributed by atoms with Gasteiger partial charge in [0.25, 0.3) is 0 Å². The monoisotopic (exact) mass is 241 g/mol. The summed E-state index contributed by atoms with van der Waals surface area (Å²) < 4.78 is 0. The Morgan fingerprint density at radius 1 is 1.44 bits per heavy atom. The summed E-state index contributed by atoms with van der Waals surface area (Å²) in [6, 6.07) is 0.520. The van der Waals surface area contributed by atoms with Crippen molar-refractivity contribution in [2.45, 2.75) is 40.3 Å². The highest BCUT2D eigenvalue weighted by Crippen LogP contribution is 2.16. The highest BCUT2D eigenvalue weighted by atomic mass is 32.1. The van der Waals surface area contributed by atoms with Gasteiger partial charge in [-0.25, -0.2) is 4.98 Å². The SMILES string of the molecule is CCN(C)CC(C)NCc1sc(C)nc1C. The molecule has 0 aliphatic rings. The summed E-state index contributed by atoms with van der Waals surface area (Å²) >= 11 is 1.79. The summed E-state index contributed by atoms with van der Waals surface area (Å²) in [4.78, 5) is 8.12. The first kappa shape index (κ1) is 13.6. The molecule has 1 rings (SSSR count). The summed E-state index contributed by atoms with van der Waals surface area (Å²) in [5, 5.41) is 4.71. The Morgan fingerprint density at radius 2 is 2.12 bits per heavy atom. The second-order valence-corrected chi connectivity index (χ2v) is 5.67. The van der Waals surface area contributed by atoms with Crippen LogP contribution in [0.25, 0.3) is 0 Å². The molecule has 0 spiro atoms. The van der Waals surface area contributed by atoms with E-state index in [1.165, 1.54) is 10.6 Å². The molecule has 1 aromatic rings. The van der Waals surface area contributed by atoms with Crippen molar-refractivity contribution in [2.75, 3.05) is 20.1 Å². The summed E-state index contributed by atoms with van der Waals surface area (Å²) in [7, 11) is 2.15. The van der Waals surface area contributed by atoms with Crippen LogP contribution in [0.15, 0.2) is 0 Å². The van der Waals surface area contributed by atoms with Crippen LogP contribution in [0.5, 0.6) is 0 Å². The minimum atomic E-state index is 0.520. The van der Waals surface area contributed by atoms with E-state index in [0.717, 1.165) is 24.6 Å². The Bertz CT molecular complexity index is 322. The number of likely N-dealkylation sites (N-methyl/N-ethyl adjacent to an activating group) is 1. The summed E-state index contributed by atoms with van der Waals surface area (Å²) in [5.74, 6) is 0. The van der Waals surface area contributed by atoms with Gasteiger partial charge in [0, 0.05) is 24.0 Å². The van der Waals surface area contributed by atoms with E-state index in [4.69, 9.17) is 0 Å². The second-order valence-electron chi connectivity index (χ2n) is 4.38. The lowest BCUT2D eigenvalue weighted by Crippen LogP contribution is -2.36. The maximum Gasteiger partial charge on any atom is 0.0900 e. The molecule has 0 saturated carbocycles. The minimum absolute atomic E-state index is 0.520. The first-order chi connectivity index (χ1) is 7.52. The molecule has 0 aromatic carbocycles. The molecule has 1 unspecified atom stereocenters. The quantitative estimate of drug-likeness (QED) is 0.827. The Kier molecular flexibility index (Phi) is 5.38. The van der Waals surface area contributed by atoms with Crippen molar-refractivity contribution in [1.29, 1.82) is 0 Å². The van der Waals surface area contributed by atoms with Gasteiger partial charge in [0.2, 0.25) is 0 Å². The number of thiazole rings is 1. The van der Waals surface area contributed by atoms with Gasteiger partial charge in [-0.15, -0.1) is 11.3 Å². The molecule has 92 valence electrons. The van der Waals surface area contributed by atoms with E-state index in [1.807, 2.05) is 0 Å². The van der Waals surface area contributed by atoms with Crippen molar-refractivity contribution in [3.8, 4) is 0 Å². The Balaban J connectivity index is 2.36. The molecule has 0 saturated heterocycles. The summed E-state index contributed by atoms with van der Waals surface area (Å²) in [5.41, 5.74) is 1.17. The number of nitrogens with one attached hydrogen (secondary N) is 1. The number of hydrogen-bond acceptors (Lipinski definition) is 4. The molecule has 0 fully saturated rings. The highest BCUT2D eigenvalue weighted by Gasteiger charge is 2.08. The third-order valence-corrected chi connectivity index (χ3v) is 3.81. The molecule has 0 aliphatic carbocycles. The molecule has 0 bridgehead atoms. The molecular formula is C12H23N3S. The molecule has 0 amide bonds. The number of aryl methyl sites for hydroxylation is 2. The van der Waals surface area contributed by atoms with Crippen molar-refractivity contribution in [3.63, 3.8) is 0 Å². The fraction of sp³-hybridized carbons (Fsp3) is 0.750. The van der Waals surface area contributed by atoms with Crippen LogP contribution < -0.4 is 5.32 Å². The smallest absolute Gasteiger partial charge is 0.0900 e. The van der Waals surface area contributed by atoms with Crippen LogP contribution in [0.4, 0.5) is 0 Å². The summed E-state index contributed by atoms with van der Waals surface area (Å²) in [6.45, 7) is 11.7. The van der Waals surface area contributed by atoms with Crippen LogP contribution in [0.1, 0.15) is 29.4 Å². The zero-order valence-corrected chi connectivity index (χ0v) is 11.8. The lowest BCUT2D eigenvalue weighted by molar-refractivity contribution is 0.309. The van der Waals surface area contributed by atoms with Gasteiger partial charge in [-0.3, -0.25) is 0 Å². The molecule has 1 atom stereocenters. The molecule has 1 N–H and O–H groups in total. The second kappa shape index (κ2) is 6.33. The number of rotatable bonds is 6. The Morgan fingerprint density at radius 3 is 2.62 bits per heavy atom. The predicted molar refractivity (Wildman–Crippen MR) is 71.1 cm³/mol. The van der Waals surface area contributed by atoms with E-state index in [-0.39, 0.29) is 0 Å². The van der Waals surface area contributed by atoms with E-state index < -0.39 is 0 Å². The predicted octanol–water partition coefficient (Wildman–Crippen LogP) is 2.19. The topological polar surface area (TPSA) is 28.2 Å². The standard InChI is InChI=1S/C12H23N3S/c1-6-15(5)8-9(2)13-7-12-10(3)14-11(4)16-12/h9,13H,6-8H2,1-5H3. The Hall–Kier alpha value is -0.450. The van der Waals surface area contributed by atoms with Crippen LogP contribution in [0.3, 0.4) is 0 Å². The molecule has 1 heterocycles. The van der Waals surface area contributed by atoms with Crippen LogP contribution in [-0.4, -0.2) is 36.1 Å². The summed E-state index contributed by atoms with van der Waals surface area (Å²) in [6.07, 6.45) is 0. The molecule has 16 heavy (non-hydrogen) atoms. The zero-order chi connectivity index (χ0) is 12.1. The fourth-order valence-electron chi connectivity index (χ4n) is 1.67. The molecule has 1 aromatic heterocycles. The van der Waals surface area contributed by atoms with Gasteiger partial charge in [0.1, 0.15) is 0 Å². The average molecular weight is 241 g/mol. The lowest BCUT2D eigenvalue weighted by atomic mass is 10.3. The Labute approximate surface area is 103 Å². The van der Waals surface area contributed by atoms with Gasteiger partial charge < -0.3 is 10.2 Å². The van der Waals surface area contributed by atoms with Gasteiger partial charge in [0.15, 0.2) is 0 Å². The molecule has 3 nitrogen and oxygen atoms in total. The highest BCUT2D eigenvalue weighted by molar-refractivity contribution is 7.11. The molecule has 0 radical (unpaired) electrons. The van der Waals surface area contributed by atoms with Crippen LogP contribution in [0.2, 0.25) is 0 Å². The normalized spacial score (nSPS) is 13.4. The van der Waals surface area contributed by atoms with Gasteiger partial charge in [-0.1, -0.05) is 6.92 Å². The van der Waals surface area contributed by atoms with Crippen molar-refractivity contribution in [3.05, 3.63) is 15.6 Å². The van der Waals surface area contributed by atoms with E-state index in [9.17, 15) is 0 Å². The van der Waals surface area contributed by atoms with E-state index >= 15 is 0 Å². The van der Waals surface area contributed by atoms with Gasteiger partial charge in [0.05, 0.1) is 10.7 Å². The zero-order valence-electron chi connectivity index (χ0n) is 11.0. The van der Waals surface area contributed by atoms with E-state index in [2.05, 4.69) is 49.9 Å². The lowest BCUT2D eigenvalue weighted by Gasteiger charge is -2.20. The third-order valence-electron chi connectivity index (χ3n) is 2.74. The van der Waals surface area contributed by atoms with Crippen LogP contribution in [0, 0.1) is 13.8 Å². The van der Waals surface area contributed by atoms with Crippen LogP contribution in [-0.2, 0) is 6.54 Å². The maximum atomic E-state index is 4.43. The van der Waals surface area contributed by atoms with Crippen molar-refractivity contribution < 1.29 is 0 Å². The molecular weight excluding hydrogens is 218 g/mol.